The molecule has 0 unspecified atom stereocenters. The fourth-order valence-corrected chi connectivity index (χ4v) is 1.06. The van der Waals surface area contributed by atoms with Crippen LogP contribution in [0.15, 0.2) is 5.11 Å². The second-order valence-corrected chi connectivity index (χ2v) is 2.32. The number of hydrogen-bond donors (Lipinski definition) is 2. The number of ether oxygens (including phenoxy) is 1. The van der Waals surface area contributed by atoms with Crippen molar-refractivity contribution in [3.8, 4) is 0 Å². The van der Waals surface area contributed by atoms with Crippen LogP contribution in [-0.4, -0.2) is 35.3 Å². The Morgan fingerprint density at radius 1 is 1.73 bits per heavy atom. The Morgan fingerprint density at radius 2 is 2.45 bits per heavy atom. The lowest BCUT2D eigenvalue weighted by atomic mass is 10.1. The molecule has 0 aromatic carbocycles. The molecule has 0 bridgehead atoms. The first-order chi connectivity index (χ1) is 5.27. The molecule has 62 valence electrons. The maximum Gasteiger partial charge on any atom is 0.155 e. The minimum absolute atomic E-state index is 0.235. The van der Waals surface area contributed by atoms with Crippen LogP contribution in [0.4, 0.5) is 0 Å². The molecule has 0 aromatic heterocycles. The van der Waals surface area contributed by atoms with Gasteiger partial charge in [-0.1, -0.05) is 5.11 Å². The Hall–Kier alpha value is -0.810. The summed E-state index contributed by atoms with van der Waals surface area (Å²) < 4.78 is 4.82. The Balaban J connectivity index is 2.56. The molecule has 1 fully saturated rings. The van der Waals surface area contributed by atoms with Gasteiger partial charge in [-0.05, 0) is 5.53 Å². The van der Waals surface area contributed by atoms with E-state index in [1.54, 1.807) is 0 Å². The first-order valence-corrected chi connectivity index (χ1v) is 3.26. The molecule has 2 N–H and O–H groups in total. The normalized spacial score (nSPS) is 36.7. The number of rotatable bonds is 2. The lowest BCUT2D eigenvalue weighted by molar-refractivity contribution is -0.102. The fourth-order valence-electron chi connectivity index (χ4n) is 1.06. The summed E-state index contributed by atoms with van der Waals surface area (Å²) in [6, 6.07) is -0.444. The van der Waals surface area contributed by atoms with Gasteiger partial charge in [-0.25, -0.2) is 0 Å². The molecule has 6 nitrogen and oxygen atoms in total. The first-order valence-electron chi connectivity index (χ1n) is 3.26. The number of azide groups is 1. The molecule has 1 aliphatic heterocycles. The van der Waals surface area contributed by atoms with Crippen LogP contribution in [0.1, 0.15) is 6.42 Å². The molecular formula is C5H9N3O3. The van der Waals surface area contributed by atoms with E-state index in [2.05, 4.69) is 10.0 Å². The quantitative estimate of drug-likeness (QED) is 0.330. The summed E-state index contributed by atoms with van der Waals surface area (Å²) in [6.45, 7) is -0.235. The van der Waals surface area contributed by atoms with Gasteiger partial charge in [0.05, 0.1) is 18.8 Å². The summed E-state index contributed by atoms with van der Waals surface area (Å²) in [7, 11) is 0. The third-order valence-electron chi connectivity index (χ3n) is 1.58. The molecule has 0 spiro atoms. The molecule has 3 atom stereocenters. The SMILES string of the molecule is [N-]=[N+]=N[C@H]1C[C@@H](O)O[C@@H]1CO. The van der Waals surface area contributed by atoms with E-state index in [4.69, 9.17) is 20.5 Å². The molecule has 0 aliphatic carbocycles. The van der Waals surface area contributed by atoms with E-state index in [1.807, 2.05) is 0 Å². The van der Waals surface area contributed by atoms with Crippen LogP contribution in [0.25, 0.3) is 10.4 Å². The number of aliphatic hydroxyl groups excluding tert-OH is 2. The predicted octanol–water partition coefficient (Wildman–Crippen LogP) is -0.235. The summed E-state index contributed by atoms with van der Waals surface area (Å²) in [5, 5.41) is 20.9. The van der Waals surface area contributed by atoms with Crippen molar-refractivity contribution in [3.05, 3.63) is 10.4 Å². The average molecular weight is 159 g/mol. The van der Waals surface area contributed by atoms with E-state index in [-0.39, 0.29) is 13.0 Å². The highest BCUT2D eigenvalue weighted by molar-refractivity contribution is 4.83. The van der Waals surface area contributed by atoms with Crippen molar-refractivity contribution in [1.29, 1.82) is 0 Å². The largest absolute Gasteiger partial charge is 0.394 e. The van der Waals surface area contributed by atoms with Crippen LogP contribution < -0.4 is 0 Å². The Bertz CT molecular complexity index is 180. The van der Waals surface area contributed by atoms with Crippen molar-refractivity contribution in [2.24, 2.45) is 5.11 Å². The Morgan fingerprint density at radius 3 is 3.00 bits per heavy atom. The second kappa shape index (κ2) is 3.54. The van der Waals surface area contributed by atoms with Crippen LogP contribution >= 0.6 is 0 Å². The predicted molar refractivity (Wildman–Crippen MR) is 35.5 cm³/mol. The number of aliphatic hydroxyl groups is 2. The third-order valence-corrected chi connectivity index (χ3v) is 1.58. The average Bonchev–Trinajstić information content (AvgIpc) is 2.32. The van der Waals surface area contributed by atoms with Crippen LogP contribution in [0, 0.1) is 0 Å². The van der Waals surface area contributed by atoms with E-state index in [0.717, 1.165) is 0 Å². The molecule has 0 aromatic rings. The highest BCUT2D eigenvalue weighted by Gasteiger charge is 2.32. The van der Waals surface area contributed by atoms with Gasteiger partial charge in [0, 0.05) is 11.3 Å². The first kappa shape index (κ1) is 8.29. The zero-order valence-electron chi connectivity index (χ0n) is 5.79. The maximum absolute atomic E-state index is 8.91. The van der Waals surface area contributed by atoms with Crippen LogP contribution in [0.3, 0.4) is 0 Å². The maximum atomic E-state index is 8.91. The van der Waals surface area contributed by atoms with Gasteiger partial charge in [-0.15, -0.1) is 0 Å². The minimum Gasteiger partial charge on any atom is -0.394 e. The standard InChI is InChI=1S/C5H9N3O3/c6-8-7-3-1-5(10)11-4(3)2-9/h3-5,9-10H,1-2H2/t3-,4+,5-/m0/s1. The summed E-state index contributed by atoms with van der Waals surface area (Å²) in [5.41, 5.74) is 8.07. The molecule has 6 heteroatoms. The monoisotopic (exact) mass is 159 g/mol. The van der Waals surface area contributed by atoms with Crippen molar-refractivity contribution in [2.45, 2.75) is 24.9 Å². The van der Waals surface area contributed by atoms with Gasteiger partial charge < -0.3 is 14.9 Å². The van der Waals surface area contributed by atoms with Gasteiger partial charge in [0.2, 0.25) is 0 Å². The second-order valence-electron chi connectivity index (χ2n) is 2.32. The van der Waals surface area contributed by atoms with E-state index >= 15 is 0 Å². The molecule has 1 aliphatic rings. The Labute approximate surface area is 63.0 Å². The minimum atomic E-state index is -0.914. The van der Waals surface area contributed by atoms with E-state index in [0.29, 0.717) is 0 Å². The summed E-state index contributed by atoms with van der Waals surface area (Å²) in [5.74, 6) is 0. The molecular weight excluding hydrogens is 150 g/mol. The van der Waals surface area contributed by atoms with Gasteiger partial charge in [0.15, 0.2) is 6.29 Å². The highest BCUT2D eigenvalue weighted by atomic mass is 16.6. The summed E-state index contributed by atoms with van der Waals surface area (Å²) in [6.07, 6.45) is -1.21. The van der Waals surface area contributed by atoms with Gasteiger partial charge in [-0.3, -0.25) is 0 Å². The van der Waals surface area contributed by atoms with E-state index in [9.17, 15) is 0 Å². The molecule has 0 radical (unpaired) electrons. The third kappa shape index (κ3) is 1.81. The van der Waals surface area contributed by atoms with Crippen molar-refractivity contribution in [1.82, 2.24) is 0 Å². The topological polar surface area (TPSA) is 98.5 Å². The van der Waals surface area contributed by atoms with Crippen LogP contribution in [-0.2, 0) is 4.74 Å². The molecule has 1 heterocycles. The van der Waals surface area contributed by atoms with Gasteiger partial charge in [0.1, 0.15) is 0 Å². The Kier molecular flexibility index (Phi) is 2.67. The summed E-state index contributed by atoms with van der Waals surface area (Å²) >= 11 is 0. The van der Waals surface area contributed by atoms with Gasteiger partial charge in [0.25, 0.3) is 0 Å². The van der Waals surface area contributed by atoms with Crippen molar-refractivity contribution in [2.75, 3.05) is 6.61 Å². The highest BCUT2D eigenvalue weighted by Crippen LogP contribution is 2.21. The van der Waals surface area contributed by atoms with Gasteiger partial charge in [-0.2, -0.15) is 0 Å². The summed E-state index contributed by atoms with van der Waals surface area (Å²) in [4.78, 5) is 2.57. The smallest absolute Gasteiger partial charge is 0.155 e. The van der Waals surface area contributed by atoms with Crippen molar-refractivity contribution in [3.63, 3.8) is 0 Å². The molecule has 11 heavy (non-hydrogen) atoms. The molecule has 1 saturated heterocycles. The van der Waals surface area contributed by atoms with E-state index < -0.39 is 18.4 Å². The van der Waals surface area contributed by atoms with Crippen molar-refractivity contribution >= 4 is 0 Å². The number of hydrogen-bond acceptors (Lipinski definition) is 4. The van der Waals surface area contributed by atoms with Crippen molar-refractivity contribution < 1.29 is 14.9 Å². The zero-order chi connectivity index (χ0) is 8.27. The molecule has 0 saturated carbocycles. The van der Waals surface area contributed by atoms with E-state index in [1.165, 1.54) is 0 Å². The fraction of sp³-hybridized carbons (Fsp3) is 1.00. The van der Waals surface area contributed by atoms with Crippen LogP contribution in [0.2, 0.25) is 0 Å². The lowest BCUT2D eigenvalue weighted by Crippen LogP contribution is -2.23. The zero-order valence-corrected chi connectivity index (χ0v) is 5.79. The van der Waals surface area contributed by atoms with Gasteiger partial charge >= 0.3 is 0 Å². The van der Waals surface area contributed by atoms with Crippen LogP contribution in [0.5, 0.6) is 0 Å². The number of nitrogens with zero attached hydrogens (tertiary/aromatic N) is 3. The molecule has 1 rings (SSSR count). The molecule has 0 amide bonds. The lowest BCUT2D eigenvalue weighted by Gasteiger charge is -2.08.